The van der Waals surface area contributed by atoms with Gasteiger partial charge in [0, 0.05) is 11.8 Å². The summed E-state index contributed by atoms with van der Waals surface area (Å²) in [5, 5.41) is 9.61. The van der Waals surface area contributed by atoms with Gasteiger partial charge in [0.1, 0.15) is 17.2 Å². The highest BCUT2D eigenvalue weighted by Gasteiger charge is 2.07. The molecule has 0 bridgehead atoms. The lowest BCUT2D eigenvalue weighted by Gasteiger charge is -2.03. The van der Waals surface area contributed by atoms with Crippen LogP contribution >= 0.6 is 0 Å². The first-order valence-corrected chi connectivity index (χ1v) is 5.47. The number of phenolic OH excluding ortho intramolecular Hbond substituents is 1. The maximum absolute atomic E-state index is 13.4. The Balaban J connectivity index is 2.37. The lowest BCUT2D eigenvalue weighted by atomic mass is 10.2. The largest absolute Gasteiger partial charge is 0.507 e. The molecule has 0 aromatic heterocycles. The van der Waals surface area contributed by atoms with Crippen LogP contribution in [0.5, 0.6) is 11.5 Å². The van der Waals surface area contributed by atoms with Crippen LogP contribution in [0.1, 0.15) is 5.56 Å². The van der Waals surface area contributed by atoms with Crippen LogP contribution in [0.15, 0.2) is 41.4 Å². The Morgan fingerprint density at radius 2 is 1.84 bits per heavy atom. The Morgan fingerprint density at radius 3 is 2.47 bits per heavy atom. The van der Waals surface area contributed by atoms with E-state index < -0.39 is 17.3 Å². The molecule has 5 heteroatoms. The highest BCUT2D eigenvalue weighted by atomic mass is 19.1. The number of para-hydroxylation sites is 1. The highest BCUT2D eigenvalue weighted by molar-refractivity contribution is 5.86. The van der Waals surface area contributed by atoms with Gasteiger partial charge in [0.05, 0.1) is 7.11 Å². The van der Waals surface area contributed by atoms with Crippen molar-refractivity contribution in [2.75, 3.05) is 7.11 Å². The number of aromatic hydroxyl groups is 1. The third kappa shape index (κ3) is 2.88. The fourth-order valence-electron chi connectivity index (χ4n) is 1.51. The standard InChI is InChI=1S/C14H11F2NO2/c1-19-10-5-6-13(18)9(7-10)8-17-14-11(15)3-2-4-12(14)16/h2-8,18H,1H3. The summed E-state index contributed by atoms with van der Waals surface area (Å²) < 4.78 is 31.7. The highest BCUT2D eigenvalue weighted by Crippen LogP contribution is 2.24. The molecule has 0 saturated carbocycles. The Labute approximate surface area is 108 Å². The molecule has 19 heavy (non-hydrogen) atoms. The second-order valence-corrected chi connectivity index (χ2v) is 3.75. The SMILES string of the molecule is COc1ccc(O)c(C=Nc2c(F)cccc2F)c1. The van der Waals surface area contributed by atoms with Gasteiger partial charge in [0.2, 0.25) is 0 Å². The van der Waals surface area contributed by atoms with Crippen molar-refractivity contribution in [3.63, 3.8) is 0 Å². The summed E-state index contributed by atoms with van der Waals surface area (Å²) in [6, 6.07) is 7.97. The second-order valence-electron chi connectivity index (χ2n) is 3.75. The summed E-state index contributed by atoms with van der Waals surface area (Å²) in [6.07, 6.45) is 1.18. The molecule has 0 fully saturated rings. The molecule has 3 nitrogen and oxygen atoms in total. The van der Waals surface area contributed by atoms with Crippen LogP contribution in [0.4, 0.5) is 14.5 Å². The second kappa shape index (κ2) is 5.48. The molecule has 1 N–H and O–H groups in total. The summed E-state index contributed by atoms with van der Waals surface area (Å²) >= 11 is 0. The number of nitrogens with zero attached hydrogens (tertiary/aromatic N) is 1. The number of hydrogen-bond acceptors (Lipinski definition) is 3. The first-order chi connectivity index (χ1) is 9.11. The quantitative estimate of drug-likeness (QED) is 0.862. The summed E-state index contributed by atoms with van der Waals surface area (Å²) in [5.41, 5.74) is -0.0910. The van der Waals surface area contributed by atoms with Gasteiger partial charge >= 0.3 is 0 Å². The van der Waals surface area contributed by atoms with E-state index in [9.17, 15) is 13.9 Å². The summed E-state index contributed by atoms with van der Waals surface area (Å²) in [5.74, 6) is -1.08. The monoisotopic (exact) mass is 263 g/mol. The van der Waals surface area contributed by atoms with Crippen molar-refractivity contribution in [2.24, 2.45) is 4.99 Å². The third-order valence-electron chi connectivity index (χ3n) is 2.50. The van der Waals surface area contributed by atoms with Gasteiger partial charge in [0.25, 0.3) is 0 Å². The number of rotatable bonds is 3. The minimum atomic E-state index is -0.765. The van der Waals surface area contributed by atoms with Crippen molar-refractivity contribution >= 4 is 11.9 Å². The molecule has 2 rings (SSSR count). The Bertz CT molecular complexity index is 607. The average Bonchev–Trinajstić information content (AvgIpc) is 2.40. The lowest BCUT2D eigenvalue weighted by Crippen LogP contribution is -1.88. The smallest absolute Gasteiger partial charge is 0.151 e. The van der Waals surface area contributed by atoms with Gasteiger partial charge in [-0.15, -0.1) is 0 Å². The van der Waals surface area contributed by atoms with E-state index in [2.05, 4.69) is 4.99 Å². The van der Waals surface area contributed by atoms with Crippen molar-refractivity contribution in [1.29, 1.82) is 0 Å². The molecule has 98 valence electrons. The molecule has 2 aromatic carbocycles. The van der Waals surface area contributed by atoms with Crippen molar-refractivity contribution in [3.05, 3.63) is 53.6 Å². The van der Waals surface area contributed by atoms with E-state index in [1.165, 1.54) is 31.5 Å². The molecular formula is C14H11F2NO2. The van der Waals surface area contributed by atoms with E-state index in [-0.39, 0.29) is 5.75 Å². The molecule has 0 unspecified atom stereocenters. The predicted molar refractivity (Wildman–Crippen MR) is 68.3 cm³/mol. The minimum absolute atomic E-state index is 0.0544. The molecule has 0 saturated heterocycles. The molecule has 0 amide bonds. The Morgan fingerprint density at radius 1 is 1.16 bits per heavy atom. The van der Waals surface area contributed by atoms with Crippen molar-refractivity contribution in [1.82, 2.24) is 0 Å². The van der Waals surface area contributed by atoms with Gasteiger partial charge < -0.3 is 9.84 Å². The molecule has 0 aliphatic rings. The fourth-order valence-corrected chi connectivity index (χ4v) is 1.51. The van der Waals surface area contributed by atoms with Gasteiger partial charge in [-0.25, -0.2) is 13.8 Å². The maximum atomic E-state index is 13.4. The number of ether oxygens (including phenoxy) is 1. The number of aliphatic imine (C=N–C) groups is 1. The normalized spacial score (nSPS) is 10.9. The van der Waals surface area contributed by atoms with Crippen LogP contribution in [0.3, 0.4) is 0 Å². The Hall–Kier alpha value is -2.43. The zero-order chi connectivity index (χ0) is 13.8. The molecule has 0 radical (unpaired) electrons. The van der Waals surface area contributed by atoms with Crippen LogP contribution in [0.2, 0.25) is 0 Å². The number of methoxy groups -OCH3 is 1. The third-order valence-corrected chi connectivity index (χ3v) is 2.50. The number of hydrogen-bond donors (Lipinski definition) is 1. The molecule has 0 atom stereocenters. The van der Waals surface area contributed by atoms with E-state index in [4.69, 9.17) is 4.74 Å². The van der Waals surface area contributed by atoms with Gasteiger partial charge in [-0.1, -0.05) is 6.07 Å². The van der Waals surface area contributed by atoms with Crippen LogP contribution in [-0.2, 0) is 0 Å². The topological polar surface area (TPSA) is 41.8 Å². The van der Waals surface area contributed by atoms with Gasteiger partial charge in [-0.05, 0) is 30.3 Å². The number of halogens is 2. The van der Waals surface area contributed by atoms with E-state index in [1.54, 1.807) is 6.07 Å². The Kier molecular flexibility index (Phi) is 3.75. The van der Waals surface area contributed by atoms with Crippen molar-refractivity contribution in [3.8, 4) is 11.5 Å². The predicted octanol–water partition coefficient (Wildman–Crippen LogP) is 3.43. The van der Waals surface area contributed by atoms with Gasteiger partial charge in [0.15, 0.2) is 11.6 Å². The lowest BCUT2D eigenvalue weighted by molar-refractivity contribution is 0.412. The zero-order valence-corrected chi connectivity index (χ0v) is 10.1. The molecule has 0 aliphatic carbocycles. The number of benzene rings is 2. The molecule has 2 aromatic rings. The van der Waals surface area contributed by atoms with E-state index in [0.29, 0.717) is 11.3 Å². The first-order valence-electron chi connectivity index (χ1n) is 5.47. The van der Waals surface area contributed by atoms with Crippen LogP contribution < -0.4 is 4.74 Å². The van der Waals surface area contributed by atoms with Crippen LogP contribution in [0.25, 0.3) is 0 Å². The molecule has 0 heterocycles. The summed E-state index contributed by atoms with van der Waals surface area (Å²) in [7, 11) is 1.48. The van der Waals surface area contributed by atoms with Gasteiger partial charge in [-0.3, -0.25) is 0 Å². The number of phenols is 1. The van der Waals surface area contributed by atoms with E-state index in [0.717, 1.165) is 12.1 Å². The minimum Gasteiger partial charge on any atom is -0.507 e. The molecule has 0 aliphatic heterocycles. The van der Waals surface area contributed by atoms with Crippen LogP contribution in [0, 0.1) is 11.6 Å². The fraction of sp³-hybridized carbons (Fsp3) is 0.0714. The molecule has 0 spiro atoms. The average molecular weight is 263 g/mol. The van der Waals surface area contributed by atoms with Crippen molar-refractivity contribution < 1.29 is 18.6 Å². The molecular weight excluding hydrogens is 252 g/mol. The zero-order valence-electron chi connectivity index (χ0n) is 10.1. The van der Waals surface area contributed by atoms with Crippen molar-refractivity contribution in [2.45, 2.75) is 0 Å². The van der Waals surface area contributed by atoms with E-state index >= 15 is 0 Å². The van der Waals surface area contributed by atoms with E-state index in [1.807, 2.05) is 0 Å². The summed E-state index contributed by atoms with van der Waals surface area (Å²) in [4.78, 5) is 3.72. The first kappa shape index (κ1) is 13.0. The summed E-state index contributed by atoms with van der Waals surface area (Å²) in [6.45, 7) is 0. The van der Waals surface area contributed by atoms with Gasteiger partial charge in [-0.2, -0.15) is 0 Å². The maximum Gasteiger partial charge on any atom is 0.151 e. The van der Waals surface area contributed by atoms with Crippen LogP contribution in [-0.4, -0.2) is 18.4 Å².